The topological polar surface area (TPSA) is 63.4 Å². The molecule has 6 heteroatoms. The summed E-state index contributed by atoms with van der Waals surface area (Å²) in [5.74, 6) is 0.569. The first-order chi connectivity index (χ1) is 9.36. The van der Waals surface area contributed by atoms with Crippen molar-refractivity contribution in [3.05, 3.63) is 29.8 Å². The van der Waals surface area contributed by atoms with E-state index < -0.39 is 9.84 Å². The lowest BCUT2D eigenvalue weighted by molar-refractivity contribution is 0.154. The van der Waals surface area contributed by atoms with Crippen molar-refractivity contribution in [2.75, 3.05) is 19.3 Å². The van der Waals surface area contributed by atoms with E-state index in [4.69, 9.17) is 5.73 Å². The third-order valence-corrected chi connectivity index (χ3v) is 5.17. The van der Waals surface area contributed by atoms with Crippen LogP contribution in [-0.4, -0.2) is 38.7 Å². The van der Waals surface area contributed by atoms with Gasteiger partial charge in [-0.3, -0.25) is 4.90 Å². The van der Waals surface area contributed by atoms with Crippen molar-refractivity contribution in [1.29, 1.82) is 0 Å². The van der Waals surface area contributed by atoms with Crippen LogP contribution in [0.15, 0.2) is 29.2 Å². The second-order valence-electron chi connectivity index (χ2n) is 5.91. The normalized spacial score (nSPS) is 21.6. The highest BCUT2D eigenvalue weighted by molar-refractivity contribution is 7.90. The van der Waals surface area contributed by atoms with E-state index in [2.05, 4.69) is 11.8 Å². The monoisotopic (exact) mass is 332 g/mol. The van der Waals surface area contributed by atoms with Gasteiger partial charge in [0.05, 0.1) is 4.90 Å². The molecule has 0 saturated carbocycles. The first kappa shape index (κ1) is 18.4. The molecule has 1 aliphatic heterocycles. The number of nitrogens with two attached hydrogens (primary N) is 1. The van der Waals surface area contributed by atoms with Crippen molar-refractivity contribution in [2.24, 2.45) is 11.7 Å². The lowest BCUT2D eigenvalue weighted by Gasteiger charge is -2.34. The summed E-state index contributed by atoms with van der Waals surface area (Å²) in [5.41, 5.74) is 7.15. The van der Waals surface area contributed by atoms with E-state index in [1.165, 1.54) is 19.1 Å². The van der Waals surface area contributed by atoms with Crippen LogP contribution in [0.5, 0.6) is 0 Å². The fourth-order valence-electron chi connectivity index (χ4n) is 2.76. The van der Waals surface area contributed by atoms with Crippen molar-refractivity contribution in [2.45, 2.75) is 37.2 Å². The third-order valence-electron chi connectivity index (χ3n) is 4.04. The van der Waals surface area contributed by atoms with E-state index in [9.17, 15) is 8.42 Å². The highest BCUT2D eigenvalue weighted by Gasteiger charge is 2.22. The Labute approximate surface area is 134 Å². The zero-order chi connectivity index (χ0) is 14.8. The Hall–Kier alpha value is -0.620. The van der Waals surface area contributed by atoms with Crippen LogP contribution in [0, 0.1) is 5.92 Å². The van der Waals surface area contributed by atoms with Gasteiger partial charge in [0.15, 0.2) is 9.84 Å². The Morgan fingerprint density at radius 2 is 1.95 bits per heavy atom. The molecule has 21 heavy (non-hydrogen) atoms. The van der Waals surface area contributed by atoms with Crippen molar-refractivity contribution in [3.63, 3.8) is 0 Å². The number of benzene rings is 1. The van der Waals surface area contributed by atoms with Gasteiger partial charge in [0, 0.05) is 25.4 Å². The van der Waals surface area contributed by atoms with Gasteiger partial charge in [-0.1, -0.05) is 12.1 Å². The average molecular weight is 333 g/mol. The van der Waals surface area contributed by atoms with E-state index in [0.29, 0.717) is 10.8 Å². The van der Waals surface area contributed by atoms with E-state index in [0.717, 1.165) is 25.2 Å². The number of hydrogen-bond acceptors (Lipinski definition) is 4. The molecular weight excluding hydrogens is 308 g/mol. The predicted molar refractivity (Wildman–Crippen MR) is 88.5 cm³/mol. The predicted octanol–water partition coefficient (Wildman–Crippen LogP) is 2.07. The second-order valence-corrected chi connectivity index (χ2v) is 7.93. The molecule has 0 bridgehead atoms. The Morgan fingerprint density at radius 1 is 1.33 bits per heavy atom. The zero-order valence-corrected chi connectivity index (χ0v) is 14.3. The molecule has 2 rings (SSSR count). The standard InChI is InChI=1S/C15H24N2O2S.ClH/c1-12(16)14-4-3-9-17(11-14)10-13-5-7-15(8-6-13)20(2,18)19;/h5-8,12,14H,3-4,9-11,16H2,1-2H3;1H. The molecular formula is C15H25ClN2O2S. The number of halogens is 1. The highest BCUT2D eigenvalue weighted by Crippen LogP contribution is 2.21. The summed E-state index contributed by atoms with van der Waals surface area (Å²) in [7, 11) is -3.10. The lowest BCUT2D eigenvalue weighted by Crippen LogP contribution is -2.41. The van der Waals surface area contributed by atoms with Gasteiger partial charge in [0.25, 0.3) is 0 Å². The van der Waals surface area contributed by atoms with Crippen molar-refractivity contribution in [3.8, 4) is 0 Å². The van der Waals surface area contributed by atoms with E-state index in [-0.39, 0.29) is 18.4 Å². The van der Waals surface area contributed by atoms with Crippen molar-refractivity contribution >= 4 is 22.2 Å². The molecule has 0 radical (unpaired) electrons. The van der Waals surface area contributed by atoms with Crippen LogP contribution in [0.3, 0.4) is 0 Å². The Balaban J connectivity index is 0.00000220. The molecule has 1 aromatic carbocycles. The maximum atomic E-state index is 11.4. The van der Waals surface area contributed by atoms with Crippen LogP contribution in [0.25, 0.3) is 0 Å². The molecule has 2 atom stereocenters. The van der Waals surface area contributed by atoms with Gasteiger partial charge < -0.3 is 5.73 Å². The number of sulfone groups is 1. The van der Waals surface area contributed by atoms with Crippen LogP contribution in [0.4, 0.5) is 0 Å². The molecule has 120 valence electrons. The largest absolute Gasteiger partial charge is 0.328 e. The quantitative estimate of drug-likeness (QED) is 0.916. The maximum Gasteiger partial charge on any atom is 0.175 e. The summed E-state index contributed by atoms with van der Waals surface area (Å²) in [5, 5.41) is 0. The van der Waals surface area contributed by atoms with Gasteiger partial charge in [-0.25, -0.2) is 8.42 Å². The minimum Gasteiger partial charge on any atom is -0.328 e. The van der Waals surface area contributed by atoms with Crippen LogP contribution in [0.2, 0.25) is 0 Å². The van der Waals surface area contributed by atoms with Gasteiger partial charge in [0.1, 0.15) is 0 Å². The molecule has 0 amide bonds. The first-order valence-corrected chi connectivity index (χ1v) is 9.02. The van der Waals surface area contributed by atoms with Crippen LogP contribution < -0.4 is 5.73 Å². The van der Waals surface area contributed by atoms with E-state index in [1.54, 1.807) is 12.1 Å². The first-order valence-electron chi connectivity index (χ1n) is 7.13. The highest BCUT2D eigenvalue weighted by atomic mass is 35.5. The van der Waals surface area contributed by atoms with Gasteiger partial charge in [0.2, 0.25) is 0 Å². The molecule has 0 aromatic heterocycles. The van der Waals surface area contributed by atoms with Crippen LogP contribution >= 0.6 is 12.4 Å². The molecule has 0 aliphatic carbocycles. The van der Waals surface area contributed by atoms with Gasteiger partial charge in [-0.2, -0.15) is 0 Å². The molecule has 4 nitrogen and oxygen atoms in total. The molecule has 1 fully saturated rings. The molecule has 1 aromatic rings. The van der Waals surface area contributed by atoms with Crippen LogP contribution in [-0.2, 0) is 16.4 Å². The lowest BCUT2D eigenvalue weighted by atomic mass is 9.92. The summed E-state index contributed by atoms with van der Waals surface area (Å²) in [4.78, 5) is 2.79. The second kappa shape index (κ2) is 7.58. The summed E-state index contributed by atoms with van der Waals surface area (Å²) < 4.78 is 22.9. The van der Waals surface area contributed by atoms with E-state index >= 15 is 0 Å². The molecule has 1 heterocycles. The van der Waals surface area contributed by atoms with Crippen LogP contribution in [0.1, 0.15) is 25.3 Å². The molecule has 2 N–H and O–H groups in total. The Morgan fingerprint density at radius 3 is 2.48 bits per heavy atom. The van der Waals surface area contributed by atoms with Gasteiger partial charge >= 0.3 is 0 Å². The van der Waals surface area contributed by atoms with Gasteiger partial charge in [-0.15, -0.1) is 12.4 Å². The Kier molecular flexibility index (Phi) is 6.66. The number of hydrogen-bond donors (Lipinski definition) is 1. The SMILES string of the molecule is CC(N)C1CCCN(Cc2ccc(S(C)(=O)=O)cc2)C1.Cl. The molecule has 1 saturated heterocycles. The third kappa shape index (κ3) is 5.25. The minimum absolute atomic E-state index is 0. The summed E-state index contributed by atoms with van der Waals surface area (Å²) in [6.07, 6.45) is 3.63. The number of nitrogens with zero attached hydrogens (tertiary/aromatic N) is 1. The average Bonchev–Trinajstić information content (AvgIpc) is 2.38. The maximum absolute atomic E-state index is 11.4. The van der Waals surface area contributed by atoms with Crippen molar-refractivity contribution in [1.82, 2.24) is 4.90 Å². The summed E-state index contributed by atoms with van der Waals surface area (Å²) >= 11 is 0. The number of piperidine rings is 1. The Bertz CT molecular complexity index is 543. The molecule has 2 unspecified atom stereocenters. The fraction of sp³-hybridized carbons (Fsp3) is 0.600. The van der Waals surface area contributed by atoms with E-state index in [1.807, 2.05) is 12.1 Å². The minimum atomic E-state index is -3.10. The molecule has 0 spiro atoms. The summed E-state index contributed by atoms with van der Waals surface area (Å²) in [6, 6.07) is 7.44. The zero-order valence-electron chi connectivity index (χ0n) is 12.7. The summed E-state index contributed by atoms with van der Waals surface area (Å²) in [6.45, 7) is 5.07. The fourth-order valence-corrected chi connectivity index (χ4v) is 3.39. The van der Waals surface area contributed by atoms with Gasteiger partial charge in [-0.05, 0) is 49.9 Å². The van der Waals surface area contributed by atoms with Crippen molar-refractivity contribution < 1.29 is 8.42 Å². The molecule has 1 aliphatic rings. The smallest absolute Gasteiger partial charge is 0.175 e. The number of rotatable bonds is 4. The number of likely N-dealkylation sites (tertiary alicyclic amines) is 1.